The van der Waals surface area contributed by atoms with Crippen LogP contribution >= 0.6 is 15.9 Å². The van der Waals surface area contributed by atoms with Gasteiger partial charge in [-0.3, -0.25) is 4.79 Å². The van der Waals surface area contributed by atoms with Crippen molar-refractivity contribution in [1.29, 1.82) is 5.26 Å². The molecule has 0 fully saturated rings. The number of carbonyl (C=O) groups is 1. The fraction of sp³-hybridized carbons (Fsp3) is 0.176. The molecule has 0 aromatic heterocycles. The number of ether oxygens (including phenoxy) is 2. The highest BCUT2D eigenvalue weighted by Gasteiger charge is 2.12. The number of anilines is 1. The molecule has 2 rings (SSSR count). The van der Waals surface area contributed by atoms with Gasteiger partial charge in [0.15, 0.2) is 18.1 Å². The number of hydrogen-bond acceptors (Lipinski definition) is 4. The smallest absolute Gasteiger partial charge is 0.262 e. The summed E-state index contributed by atoms with van der Waals surface area (Å²) in [7, 11) is 1.48. The highest BCUT2D eigenvalue weighted by atomic mass is 79.9. The number of benzene rings is 2. The number of rotatable bonds is 5. The maximum atomic E-state index is 12.0. The molecule has 0 unspecified atom stereocenters. The number of nitriles is 1. The average Bonchev–Trinajstić information content (AvgIpc) is 2.55. The zero-order chi connectivity index (χ0) is 16.8. The molecule has 0 saturated heterocycles. The predicted octanol–water partition coefficient (Wildman–Crippen LogP) is 3.66. The Bertz CT molecular complexity index is 769. The Morgan fingerprint density at radius 3 is 2.70 bits per heavy atom. The minimum Gasteiger partial charge on any atom is -0.493 e. The van der Waals surface area contributed by atoms with Crippen LogP contribution in [0.3, 0.4) is 0 Å². The van der Waals surface area contributed by atoms with Gasteiger partial charge >= 0.3 is 0 Å². The van der Waals surface area contributed by atoms with Crippen molar-refractivity contribution in [2.75, 3.05) is 19.0 Å². The van der Waals surface area contributed by atoms with E-state index in [-0.39, 0.29) is 12.5 Å². The van der Waals surface area contributed by atoms with E-state index >= 15 is 0 Å². The summed E-state index contributed by atoms with van der Waals surface area (Å²) in [5, 5.41) is 11.8. The third-order valence-corrected chi connectivity index (χ3v) is 3.81. The molecule has 2 aromatic carbocycles. The predicted molar refractivity (Wildman–Crippen MR) is 90.7 cm³/mol. The highest BCUT2D eigenvalue weighted by molar-refractivity contribution is 9.10. The number of nitrogens with zero attached hydrogens (tertiary/aromatic N) is 1. The van der Waals surface area contributed by atoms with E-state index in [0.29, 0.717) is 21.5 Å². The first-order chi connectivity index (χ1) is 11.0. The van der Waals surface area contributed by atoms with Crippen molar-refractivity contribution >= 4 is 27.5 Å². The summed E-state index contributed by atoms with van der Waals surface area (Å²) < 4.78 is 11.3. The first kappa shape index (κ1) is 16.8. The Morgan fingerprint density at radius 2 is 2.04 bits per heavy atom. The van der Waals surface area contributed by atoms with Gasteiger partial charge in [0.1, 0.15) is 6.07 Å². The maximum Gasteiger partial charge on any atom is 0.262 e. The minimum absolute atomic E-state index is 0.164. The molecule has 0 aliphatic heterocycles. The van der Waals surface area contributed by atoms with Crippen LogP contribution in [0.1, 0.15) is 11.1 Å². The van der Waals surface area contributed by atoms with Crippen LogP contribution in [-0.2, 0) is 4.79 Å². The van der Waals surface area contributed by atoms with Gasteiger partial charge in [0.2, 0.25) is 0 Å². The summed E-state index contributed by atoms with van der Waals surface area (Å²) in [4.78, 5) is 12.0. The molecule has 6 heteroatoms. The monoisotopic (exact) mass is 374 g/mol. The van der Waals surface area contributed by atoms with Crippen LogP contribution in [0, 0.1) is 18.3 Å². The summed E-state index contributed by atoms with van der Waals surface area (Å²) in [5.41, 5.74) is 2.15. The standard InChI is InChI=1S/C17H15BrN2O3/c1-11-5-3-4-6-14(11)20-17(21)10-23-16-8-13(18)12(9-19)7-15(16)22-2/h3-8H,10H2,1-2H3,(H,20,21). The molecule has 0 heterocycles. The SMILES string of the molecule is COc1cc(C#N)c(Br)cc1OCC(=O)Nc1ccccc1C. The second-order valence-electron chi connectivity index (χ2n) is 4.75. The third kappa shape index (κ3) is 4.24. The van der Waals surface area contributed by atoms with Crippen LogP contribution in [0.4, 0.5) is 5.69 Å². The fourth-order valence-electron chi connectivity index (χ4n) is 1.94. The van der Waals surface area contributed by atoms with E-state index in [1.165, 1.54) is 7.11 Å². The first-order valence-electron chi connectivity index (χ1n) is 6.81. The molecule has 0 radical (unpaired) electrons. The Labute approximate surface area is 143 Å². The quantitative estimate of drug-likeness (QED) is 0.866. The van der Waals surface area contributed by atoms with Gasteiger partial charge < -0.3 is 14.8 Å². The number of aryl methyl sites for hydroxylation is 1. The second-order valence-corrected chi connectivity index (χ2v) is 5.60. The minimum atomic E-state index is -0.276. The topological polar surface area (TPSA) is 71.3 Å². The van der Waals surface area contributed by atoms with Crippen molar-refractivity contribution < 1.29 is 14.3 Å². The Hall–Kier alpha value is -2.52. The van der Waals surface area contributed by atoms with Gasteiger partial charge in [-0.2, -0.15) is 5.26 Å². The largest absolute Gasteiger partial charge is 0.493 e. The fourth-order valence-corrected chi connectivity index (χ4v) is 2.35. The van der Waals surface area contributed by atoms with Gasteiger partial charge in [-0.25, -0.2) is 0 Å². The zero-order valence-electron chi connectivity index (χ0n) is 12.7. The van der Waals surface area contributed by atoms with Gasteiger partial charge in [0.25, 0.3) is 5.91 Å². The van der Waals surface area contributed by atoms with Crippen LogP contribution in [0.5, 0.6) is 11.5 Å². The van der Waals surface area contributed by atoms with Gasteiger partial charge in [0.05, 0.1) is 12.7 Å². The van der Waals surface area contributed by atoms with Crippen LogP contribution in [0.15, 0.2) is 40.9 Å². The summed E-state index contributed by atoms with van der Waals surface area (Å²) >= 11 is 3.28. The van der Waals surface area contributed by atoms with Crippen molar-refractivity contribution in [2.24, 2.45) is 0 Å². The number of nitrogens with one attached hydrogen (secondary N) is 1. The Morgan fingerprint density at radius 1 is 1.30 bits per heavy atom. The molecule has 1 N–H and O–H groups in total. The van der Waals surface area contributed by atoms with Gasteiger partial charge in [0, 0.05) is 16.2 Å². The lowest BCUT2D eigenvalue weighted by molar-refractivity contribution is -0.118. The van der Waals surface area contributed by atoms with Gasteiger partial charge in [-0.1, -0.05) is 18.2 Å². The van der Waals surface area contributed by atoms with E-state index in [4.69, 9.17) is 14.7 Å². The molecule has 23 heavy (non-hydrogen) atoms. The second kappa shape index (κ2) is 7.65. The summed E-state index contributed by atoms with van der Waals surface area (Å²) in [6, 6.07) is 12.7. The zero-order valence-corrected chi connectivity index (χ0v) is 14.3. The number of hydrogen-bond donors (Lipinski definition) is 1. The molecule has 0 saturated carbocycles. The molecule has 0 atom stereocenters. The average molecular weight is 375 g/mol. The van der Waals surface area contributed by atoms with Crippen LogP contribution < -0.4 is 14.8 Å². The maximum absolute atomic E-state index is 12.0. The van der Waals surface area contributed by atoms with Crippen molar-refractivity contribution in [2.45, 2.75) is 6.92 Å². The molecule has 118 valence electrons. The molecule has 0 aliphatic rings. The van der Waals surface area contributed by atoms with Gasteiger partial charge in [-0.05, 0) is 40.5 Å². The van der Waals surface area contributed by atoms with Crippen LogP contribution in [-0.4, -0.2) is 19.6 Å². The molecule has 0 aliphatic carbocycles. The van der Waals surface area contributed by atoms with Crippen molar-refractivity contribution in [1.82, 2.24) is 0 Å². The lowest BCUT2D eigenvalue weighted by atomic mass is 10.2. The number of para-hydroxylation sites is 1. The Kier molecular flexibility index (Phi) is 5.61. The van der Waals surface area contributed by atoms with E-state index in [9.17, 15) is 4.79 Å². The highest BCUT2D eigenvalue weighted by Crippen LogP contribution is 2.33. The third-order valence-electron chi connectivity index (χ3n) is 3.15. The van der Waals surface area contributed by atoms with E-state index in [0.717, 1.165) is 11.3 Å². The van der Waals surface area contributed by atoms with E-state index in [2.05, 4.69) is 21.2 Å². The van der Waals surface area contributed by atoms with E-state index < -0.39 is 0 Å². The number of amides is 1. The van der Waals surface area contributed by atoms with Crippen molar-refractivity contribution in [3.63, 3.8) is 0 Å². The molecular weight excluding hydrogens is 360 g/mol. The van der Waals surface area contributed by atoms with E-state index in [1.54, 1.807) is 12.1 Å². The molecule has 1 amide bonds. The van der Waals surface area contributed by atoms with Gasteiger partial charge in [-0.15, -0.1) is 0 Å². The summed E-state index contributed by atoms with van der Waals surface area (Å²) in [6.45, 7) is 1.75. The number of methoxy groups -OCH3 is 1. The molecular formula is C17H15BrN2O3. The molecule has 2 aromatic rings. The van der Waals surface area contributed by atoms with Crippen molar-refractivity contribution in [3.8, 4) is 17.6 Å². The normalized spacial score (nSPS) is 9.83. The number of halogens is 1. The Balaban J connectivity index is 2.06. The molecule has 5 nitrogen and oxygen atoms in total. The lowest BCUT2D eigenvalue weighted by Crippen LogP contribution is -2.20. The molecule has 0 spiro atoms. The summed E-state index contributed by atoms with van der Waals surface area (Å²) in [6.07, 6.45) is 0. The first-order valence-corrected chi connectivity index (χ1v) is 7.60. The van der Waals surface area contributed by atoms with Crippen molar-refractivity contribution in [3.05, 3.63) is 52.0 Å². The van der Waals surface area contributed by atoms with Crippen LogP contribution in [0.2, 0.25) is 0 Å². The molecule has 0 bridgehead atoms. The lowest BCUT2D eigenvalue weighted by Gasteiger charge is -2.12. The van der Waals surface area contributed by atoms with E-state index in [1.807, 2.05) is 37.3 Å². The number of carbonyl (C=O) groups excluding carboxylic acids is 1. The summed E-state index contributed by atoms with van der Waals surface area (Å²) in [5.74, 6) is 0.508. The van der Waals surface area contributed by atoms with Crippen LogP contribution in [0.25, 0.3) is 0 Å².